The maximum Gasteiger partial charge on any atom is 0.260 e. The fourth-order valence-corrected chi connectivity index (χ4v) is 8.82. The van der Waals surface area contributed by atoms with E-state index in [2.05, 4.69) is 39.6 Å². The third-order valence-corrected chi connectivity index (χ3v) is 11.7. The van der Waals surface area contributed by atoms with E-state index in [-0.39, 0.29) is 23.8 Å². The molecule has 0 aliphatic heterocycles. The van der Waals surface area contributed by atoms with Gasteiger partial charge in [0.1, 0.15) is 17.9 Å². The summed E-state index contributed by atoms with van der Waals surface area (Å²) in [5.74, 6) is 0.757. The van der Waals surface area contributed by atoms with Gasteiger partial charge in [0, 0.05) is 24.5 Å². The first-order valence-corrected chi connectivity index (χ1v) is 20.2. The van der Waals surface area contributed by atoms with Crippen LogP contribution >= 0.6 is 0 Å². The monoisotopic (exact) mass is 778 g/mol. The zero-order valence-electron chi connectivity index (χ0n) is 33.1. The number of oxime groups is 1. The number of ether oxygens (including phenoxy) is 2. The molecule has 0 heterocycles. The first kappa shape index (κ1) is 43.1. The first-order chi connectivity index (χ1) is 27.0. The molecule has 56 heavy (non-hydrogen) atoms. The lowest BCUT2D eigenvalue weighted by atomic mass is 9.55. The van der Waals surface area contributed by atoms with Gasteiger partial charge in [-0.3, -0.25) is 19.8 Å². The Morgan fingerprint density at radius 3 is 2.46 bits per heavy atom. The number of fused-ring (bicyclic) bond motifs is 5. The van der Waals surface area contributed by atoms with Crippen molar-refractivity contribution in [2.45, 2.75) is 96.2 Å². The minimum absolute atomic E-state index is 0.00869. The highest BCUT2D eigenvalue weighted by Gasteiger charge is 2.53. The lowest BCUT2D eigenvalue weighted by molar-refractivity contribution is -0.135. The number of carbonyl (C=O) groups excluding carboxylic acids is 3. The van der Waals surface area contributed by atoms with Gasteiger partial charge >= 0.3 is 0 Å². The molecular formula is C42H62N6O8. The molecule has 8 N–H and O–H groups in total. The Kier molecular flexibility index (Phi) is 16.1. The van der Waals surface area contributed by atoms with Gasteiger partial charge in [-0.05, 0) is 104 Å². The average molecular weight is 779 g/mol. The highest BCUT2D eigenvalue weighted by atomic mass is 16.6. The molecule has 5 rings (SSSR count). The zero-order chi connectivity index (χ0) is 40.1. The first-order valence-electron chi connectivity index (χ1n) is 20.2. The summed E-state index contributed by atoms with van der Waals surface area (Å²) in [6, 6.07) is 13.5. The number of nitrogens with one attached hydrogen (secondary N) is 4. The molecule has 3 aliphatic rings. The standard InChI is InChI=1S/C42H62N6O8/c1-27(2)23-36(46-41(53)39(51)35(43)24-28-7-5-4-6-8-28)40(52)47-45-18-20-55-22-21-54-19-17-44-38(50)26-56-48-37-14-13-34-33-11-9-29-25-30(49)10-12-31(29)32(33)15-16-42(34,37)3/h4-8,10,12,25,27,32-36,39,45,49,51H,9,11,13-24,26,43H2,1-3H3,(H,44,50)(H,46,53)(H,47,52)/b48-37+/t32-,33-,34+,35-,36+,39+,42+/m1/s1. The molecule has 2 fully saturated rings. The van der Waals surface area contributed by atoms with Gasteiger partial charge in [-0.1, -0.05) is 62.3 Å². The van der Waals surface area contributed by atoms with E-state index in [0.29, 0.717) is 75.9 Å². The fourth-order valence-electron chi connectivity index (χ4n) is 8.82. The van der Waals surface area contributed by atoms with Crippen molar-refractivity contribution in [2.75, 3.05) is 46.1 Å². The van der Waals surface area contributed by atoms with Gasteiger partial charge in [0.05, 0.1) is 32.1 Å². The second-order valence-corrected chi connectivity index (χ2v) is 16.1. The number of amides is 3. The Balaban J connectivity index is 0.889. The summed E-state index contributed by atoms with van der Waals surface area (Å²) in [6.07, 6.45) is 5.48. The van der Waals surface area contributed by atoms with E-state index < -0.39 is 30.0 Å². The molecule has 0 unspecified atom stereocenters. The van der Waals surface area contributed by atoms with Crippen LogP contribution < -0.4 is 27.2 Å². The van der Waals surface area contributed by atoms with Gasteiger partial charge < -0.3 is 40.9 Å². The molecule has 0 bridgehead atoms. The highest BCUT2D eigenvalue weighted by Crippen LogP contribution is 2.60. The number of phenolic OH excluding ortho intramolecular Hbond substituents is 1. The molecule has 0 radical (unpaired) electrons. The summed E-state index contributed by atoms with van der Waals surface area (Å²) in [6.45, 7) is 7.98. The second-order valence-electron chi connectivity index (χ2n) is 16.1. The number of aliphatic hydroxyl groups excluding tert-OH is 1. The molecule has 308 valence electrons. The van der Waals surface area contributed by atoms with E-state index in [1.165, 1.54) is 11.1 Å². The van der Waals surface area contributed by atoms with E-state index >= 15 is 0 Å². The number of rotatable bonds is 21. The van der Waals surface area contributed by atoms with Crippen LogP contribution in [0, 0.1) is 23.2 Å². The van der Waals surface area contributed by atoms with E-state index in [1.807, 2.05) is 56.3 Å². The van der Waals surface area contributed by atoms with Crippen LogP contribution in [0.1, 0.15) is 81.9 Å². The highest BCUT2D eigenvalue weighted by molar-refractivity contribution is 5.92. The molecule has 0 aromatic heterocycles. The van der Waals surface area contributed by atoms with Crippen LogP contribution in [0.2, 0.25) is 0 Å². The van der Waals surface area contributed by atoms with Crippen LogP contribution in [0.3, 0.4) is 0 Å². The van der Waals surface area contributed by atoms with Crippen LogP contribution in [0.15, 0.2) is 53.7 Å². The number of hydrogen-bond donors (Lipinski definition) is 7. The molecule has 2 aromatic carbocycles. The molecule has 0 saturated heterocycles. The van der Waals surface area contributed by atoms with Crippen molar-refractivity contribution >= 4 is 23.4 Å². The van der Waals surface area contributed by atoms with Crippen LogP contribution in [-0.2, 0) is 41.5 Å². The van der Waals surface area contributed by atoms with Gasteiger partial charge in [-0.15, -0.1) is 0 Å². The number of nitrogens with two attached hydrogens (primary N) is 1. The van der Waals surface area contributed by atoms with Crippen molar-refractivity contribution in [3.05, 3.63) is 65.2 Å². The summed E-state index contributed by atoms with van der Waals surface area (Å²) in [5.41, 5.74) is 16.2. The predicted octanol–water partition coefficient (Wildman–Crippen LogP) is 2.85. The number of aryl methyl sites for hydroxylation is 1. The second kappa shape index (κ2) is 20.9. The lowest BCUT2D eigenvalue weighted by Crippen LogP contribution is -2.56. The maximum atomic E-state index is 12.8. The third-order valence-electron chi connectivity index (χ3n) is 11.7. The van der Waals surface area contributed by atoms with E-state index in [1.54, 1.807) is 0 Å². The van der Waals surface area contributed by atoms with Crippen molar-refractivity contribution in [2.24, 2.45) is 34.1 Å². The summed E-state index contributed by atoms with van der Waals surface area (Å²) >= 11 is 0. The molecule has 7 atom stereocenters. The molecule has 3 aliphatic carbocycles. The Bertz CT molecular complexity index is 1630. The zero-order valence-corrected chi connectivity index (χ0v) is 33.1. The summed E-state index contributed by atoms with van der Waals surface area (Å²) < 4.78 is 11.1. The molecule has 2 saturated carbocycles. The quantitative estimate of drug-likeness (QED) is 0.0729. The van der Waals surface area contributed by atoms with Crippen LogP contribution in [-0.4, -0.2) is 98.0 Å². The van der Waals surface area contributed by atoms with Crippen molar-refractivity contribution in [1.29, 1.82) is 0 Å². The van der Waals surface area contributed by atoms with Crippen molar-refractivity contribution in [3.8, 4) is 5.75 Å². The van der Waals surface area contributed by atoms with E-state index in [4.69, 9.17) is 20.0 Å². The SMILES string of the molecule is CC(C)C[C@H](NC(=O)[C@@H](O)[C@H](N)Cc1ccccc1)C(=O)NNCCOCCOCCNC(=O)CO/N=C1\CC[C@H]2[C@@H]3CCc4cc(O)ccc4[C@H]3CC[C@]12C. The summed E-state index contributed by atoms with van der Waals surface area (Å²) in [4.78, 5) is 43.5. The van der Waals surface area contributed by atoms with Gasteiger partial charge in [0.2, 0.25) is 0 Å². The van der Waals surface area contributed by atoms with Crippen LogP contribution in [0.5, 0.6) is 5.75 Å². The Hall–Kier alpha value is -4.08. The molecule has 14 heteroatoms. The van der Waals surface area contributed by atoms with Crippen molar-refractivity contribution < 1.29 is 38.9 Å². The Morgan fingerprint density at radius 2 is 1.71 bits per heavy atom. The number of hydrogen-bond acceptors (Lipinski definition) is 11. The van der Waals surface area contributed by atoms with E-state index in [9.17, 15) is 24.6 Å². The van der Waals surface area contributed by atoms with E-state index in [0.717, 1.165) is 49.8 Å². The number of carbonyl (C=O) groups is 3. The molecule has 3 amide bonds. The minimum atomic E-state index is -1.47. The molecule has 14 nitrogen and oxygen atoms in total. The van der Waals surface area contributed by atoms with Gasteiger partial charge in [0.25, 0.3) is 17.7 Å². The number of hydrazine groups is 1. The minimum Gasteiger partial charge on any atom is -0.508 e. The largest absolute Gasteiger partial charge is 0.508 e. The smallest absolute Gasteiger partial charge is 0.260 e. The normalized spacial score (nSPS) is 23.7. The Morgan fingerprint density at radius 1 is 0.964 bits per heavy atom. The summed E-state index contributed by atoms with van der Waals surface area (Å²) in [7, 11) is 0. The van der Waals surface area contributed by atoms with Gasteiger partial charge in [0.15, 0.2) is 6.61 Å². The van der Waals surface area contributed by atoms with Crippen LogP contribution in [0.25, 0.3) is 0 Å². The van der Waals surface area contributed by atoms with Crippen molar-refractivity contribution in [3.63, 3.8) is 0 Å². The van der Waals surface area contributed by atoms with Gasteiger partial charge in [-0.25, -0.2) is 5.43 Å². The number of nitrogens with zero attached hydrogens (tertiary/aromatic N) is 1. The number of aliphatic hydroxyl groups is 1. The Labute approximate surface area is 330 Å². The molecule has 0 spiro atoms. The van der Waals surface area contributed by atoms with Crippen LogP contribution in [0.4, 0.5) is 0 Å². The average Bonchev–Trinajstić information content (AvgIpc) is 3.52. The number of aromatic hydroxyl groups is 1. The van der Waals surface area contributed by atoms with Crippen molar-refractivity contribution in [1.82, 2.24) is 21.5 Å². The summed E-state index contributed by atoms with van der Waals surface area (Å²) in [5, 5.41) is 30.4. The number of phenols is 1. The lowest BCUT2D eigenvalue weighted by Gasteiger charge is -2.49. The fraction of sp³-hybridized carbons (Fsp3) is 0.619. The molecular weight excluding hydrogens is 716 g/mol. The van der Waals surface area contributed by atoms with Gasteiger partial charge in [-0.2, -0.15) is 0 Å². The third kappa shape index (κ3) is 11.7. The topological polar surface area (TPSA) is 206 Å². The maximum absolute atomic E-state index is 12.8. The predicted molar refractivity (Wildman–Crippen MR) is 212 cm³/mol. The number of benzene rings is 2. The molecule has 2 aromatic rings.